The van der Waals surface area contributed by atoms with Gasteiger partial charge in [-0.1, -0.05) is 30.8 Å². The highest BCUT2D eigenvalue weighted by atomic mass is 32.2. The summed E-state index contributed by atoms with van der Waals surface area (Å²) < 4.78 is 1.07. The number of oxime groups is 1. The minimum absolute atomic E-state index is 0.00909. The molecule has 18 heteroatoms. The van der Waals surface area contributed by atoms with Gasteiger partial charge in [0.2, 0.25) is 5.91 Å². The molecule has 2 fully saturated rings. The number of rotatable bonds is 10. The van der Waals surface area contributed by atoms with Crippen molar-refractivity contribution in [3.05, 3.63) is 21.4 Å². The maximum Gasteiger partial charge on any atom is 0.316 e. The zero-order chi connectivity index (χ0) is 28.5. The Kier molecular flexibility index (Phi) is 8.36. The van der Waals surface area contributed by atoms with Gasteiger partial charge >= 0.3 is 11.5 Å². The fourth-order valence-electron chi connectivity index (χ4n) is 3.73. The quantitative estimate of drug-likeness (QED) is 0.118. The third-order valence-electron chi connectivity index (χ3n) is 5.92. The molecule has 5 N–H and O–H groups in total. The minimum atomic E-state index is -1.35. The number of carboxylic acid groups (broad SMARTS) is 1. The Morgan fingerprint density at radius 3 is 2.77 bits per heavy atom. The van der Waals surface area contributed by atoms with Gasteiger partial charge in [-0.3, -0.25) is 23.7 Å². The van der Waals surface area contributed by atoms with E-state index in [2.05, 4.69) is 25.7 Å². The molecule has 0 aliphatic carbocycles. The van der Waals surface area contributed by atoms with E-state index in [1.54, 1.807) is 5.38 Å². The first-order valence-electron chi connectivity index (χ1n) is 11.6. The summed E-state index contributed by atoms with van der Waals surface area (Å²) in [5.74, 6) is -2.69. The number of nitrogens with zero attached hydrogens (tertiary/aromatic N) is 6. The molecule has 0 aromatic carbocycles. The number of carboxylic acids is 1. The summed E-state index contributed by atoms with van der Waals surface area (Å²) in [6.07, 6.45) is 0. The van der Waals surface area contributed by atoms with Crippen LogP contribution in [0.5, 0.6) is 5.88 Å². The van der Waals surface area contributed by atoms with Crippen LogP contribution in [0, 0.1) is 11.3 Å². The Balaban J connectivity index is 1.44. The number of anilines is 1. The van der Waals surface area contributed by atoms with Gasteiger partial charge < -0.3 is 31.0 Å². The van der Waals surface area contributed by atoms with Crippen LogP contribution in [-0.4, -0.2) is 94.4 Å². The molecular weight excluding hydrogens is 572 g/mol. The molecule has 2 aromatic rings. The van der Waals surface area contributed by atoms with E-state index in [9.17, 15) is 29.4 Å². The lowest BCUT2D eigenvalue weighted by Gasteiger charge is -2.53. The van der Waals surface area contributed by atoms with E-state index in [0.29, 0.717) is 0 Å². The second kappa shape index (κ2) is 11.4. The normalized spacial score (nSPS) is 22.8. The molecule has 3 atom stereocenters. The van der Waals surface area contributed by atoms with Crippen molar-refractivity contribution in [3.8, 4) is 5.88 Å². The summed E-state index contributed by atoms with van der Waals surface area (Å²) in [5.41, 5.74) is 3.70. The van der Waals surface area contributed by atoms with E-state index >= 15 is 0 Å². The Hall–Kier alpha value is -3.38. The summed E-state index contributed by atoms with van der Waals surface area (Å²) in [7, 11) is 1.38. The van der Waals surface area contributed by atoms with Crippen molar-refractivity contribution >= 4 is 63.5 Å². The maximum absolute atomic E-state index is 13.1. The van der Waals surface area contributed by atoms with Crippen LogP contribution in [0.4, 0.5) is 5.13 Å². The van der Waals surface area contributed by atoms with Gasteiger partial charge in [-0.2, -0.15) is 0 Å². The average molecular weight is 599 g/mol. The number of thiazole rings is 1. The SMILES string of the molecule is CC(C)CON=C(C(=O)NC1C(=O)N2CC(CSc3nnc(O)c(=O)n3C)(C(=O)O)CS[C@H]12)c1csc(N)n1. The van der Waals surface area contributed by atoms with Crippen molar-refractivity contribution in [1.82, 2.24) is 30.0 Å². The number of hydrogen-bond acceptors (Lipinski definition) is 14. The molecule has 15 nitrogen and oxygen atoms in total. The van der Waals surface area contributed by atoms with Gasteiger partial charge in [0, 0.05) is 30.5 Å². The maximum atomic E-state index is 13.1. The number of hydrogen-bond donors (Lipinski definition) is 4. The highest BCUT2D eigenvalue weighted by Crippen LogP contribution is 2.44. The van der Waals surface area contributed by atoms with Crippen molar-refractivity contribution in [2.45, 2.75) is 30.4 Å². The predicted octanol–water partition coefficient (Wildman–Crippen LogP) is -0.440. The third-order valence-corrected chi connectivity index (χ3v) is 9.49. The lowest BCUT2D eigenvalue weighted by Crippen LogP contribution is -2.74. The molecule has 4 heterocycles. The summed E-state index contributed by atoms with van der Waals surface area (Å²) in [4.78, 5) is 61.1. The van der Waals surface area contributed by atoms with E-state index in [4.69, 9.17) is 10.6 Å². The zero-order valence-corrected chi connectivity index (χ0v) is 23.5. The van der Waals surface area contributed by atoms with Crippen LogP contribution >= 0.6 is 34.9 Å². The number of aromatic nitrogens is 4. The first kappa shape index (κ1) is 28.6. The third kappa shape index (κ3) is 5.81. The van der Waals surface area contributed by atoms with Crippen molar-refractivity contribution in [3.63, 3.8) is 0 Å². The average Bonchev–Trinajstić information content (AvgIpc) is 3.33. The number of thioether (sulfide) groups is 2. The topological polar surface area (TPSA) is 215 Å². The number of nitrogen functional groups attached to an aromatic ring is 1. The molecule has 2 aliphatic rings. The van der Waals surface area contributed by atoms with Crippen LogP contribution in [0.1, 0.15) is 19.5 Å². The van der Waals surface area contributed by atoms with E-state index < -0.39 is 46.1 Å². The van der Waals surface area contributed by atoms with Gasteiger partial charge in [0.25, 0.3) is 11.8 Å². The Morgan fingerprint density at radius 1 is 1.38 bits per heavy atom. The van der Waals surface area contributed by atoms with Crippen LogP contribution < -0.4 is 16.6 Å². The Bertz CT molecular complexity index is 1380. The van der Waals surface area contributed by atoms with E-state index in [1.807, 2.05) is 13.8 Å². The fraction of sp³-hybridized carbons (Fsp3) is 0.524. The highest BCUT2D eigenvalue weighted by Gasteiger charge is 2.57. The standard InChI is InChI=1S/C21H26N8O7S3/c1-9(2)4-36-27-11(10-5-37-19(22)23-10)13(30)24-12-15(32)29-6-21(18(34)35,7-38-17(12)29)8-39-20-26-25-14(31)16(33)28(20)3/h5,9,12,17H,4,6-8H2,1-3H3,(H2,22,23)(H,24,30)(H,25,31)(H,34,35)/t12?,17-,21?/m1/s1. The number of aromatic hydroxyl groups is 1. The number of aliphatic carboxylic acids is 1. The molecule has 0 radical (unpaired) electrons. The first-order valence-corrected chi connectivity index (χ1v) is 14.5. The molecule has 0 saturated carbocycles. The smallest absolute Gasteiger partial charge is 0.316 e. The van der Waals surface area contributed by atoms with E-state index in [0.717, 1.165) is 27.7 Å². The van der Waals surface area contributed by atoms with Crippen LogP contribution in [0.25, 0.3) is 0 Å². The van der Waals surface area contributed by atoms with E-state index in [1.165, 1.54) is 23.7 Å². The molecule has 39 heavy (non-hydrogen) atoms. The molecule has 2 amide bonds. The monoisotopic (exact) mass is 598 g/mol. The Morgan fingerprint density at radius 2 is 2.13 bits per heavy atom. The summed E-state index contributed by atoms with van der Waals surface area (Å²) in [5, 5.41) is 34.7. The van der Waals surface area contributed by atoms with Crippen LogP contribution in [0.15, 0.2) is 20.5 Å². The number of amides is 2. The fourth-order valence-corrected chi connectivity index (χ4v) is 7.05. The van der Waals surface area contributed by atoms with Gasteiger partial charge in [0.1, 0.15) is 29.1 Å². The second-order valence-electron chi connectivity index (χ2n) is 9.36. The molecule has 2 aliphatic heterocycles. The number of nitrogens with one attached hydrogen (secondary N) is 1. The lowest BCUT2D eigenvalue weighted by molar-refractivity contribution is -0.157. The lowest BCUT2D eigenvalue weighted by atomic mass is 9.89. The zero-order valence-electron chi connectivity index (χ0n) is 21.1. The van der Waals surface area contributed by atoms with Gasteiger partial charge in [0.15, 0.2) is 16.0 Å². The molecular formula is C21H26N8O7S3. The van der Waals surface area contributed by atoms with Gasteiger partial charge in [0.05, 0.1) is 0 Å². The molecule has 0 bridgehead atoms. The summed E-state index contributed by atoms with van der Waals surface area (Å²) in [6, 6.07) is -0.892. The highest BCUT2D eigenvalue weighted by molar-refractivity contribution is 8.00. The number of fused-ring (bicyclic) bond motifs is 1. The van der Waals surface area contributed by atoms with Crippen LogP contribution in [0.2, 0.25) is 0 Å². The van der Waals surface area contributed by atoms with Gasteiger partial charge in [-0.05, 0) is 5.92 Å². The molecule has 2 unspecified atom stereocenters. The summed E-state index contributed by atoms with van der Waals surface area (Å²) in [6.45, 7) is 4.02. The van der Waals surface area contributed by atoms with Gasteiger partial charge in [-0.15, -0.1) is 33.3 Å². The molecule has 4 rings (SSSR count). The minimum Gasteiger partial charge on any atom is -0.488 e. The second-order valence-corrected chi connectivity index (χ2v) is 12.3. The van der Waals surface area contributed by atoms with Crippen molar-refractivity contribution in [2.24, 2.45) is 23.5 Å². The summed E-state index contributed by atoms with van der Waals surface area (Å²) >= 11 is 3.34. The van der Waals surface area contributed by atoms with Crippen molar-refractivity contribution in [2.75, 3.05) is 30.4 Å². The molecule has 2 saturated heterocycles. The molecule has 210 valence electrons. The number of carbonyl (C=O) groups is 3. The van der Waals surface area contributed by atoms with Crippen molar-refractivity contribution < 1.29 is 29.4 Å². The van der Waals surface area contributed by atoms with Crippen LogP contribution in [-0.2, 0) is 26.3 Å². The molecule has 0 spiro atoms. The number of nitrogens with two attached hydrogens (primary N) is 1. The Labute approximate surface area is 234 Å². The van der Waals surface area contributed by atoms with Gasteiger partial charge in [-0.25, -0.2) is 4.98 Å². The number of β-lactam (4-membered cyclic amide) rings is 1. The van der Waals surface area contributed by atoms with Crippen LogP contribution in [0.3, 0.4) is 0 Å². The predicted molar refractivity (Wildman–Crippen MR) is 143 cm³/mol. The molecule has 2 aromatic heterocycles. The first-order chi connectivity index (χ1) is 18.4. The largest absolute Gasteiger partial charge is 0.488 e. The van der Waals surface area contributed by atoms with Crippen molar-refractivity contribution in [1.29, 1.82) is 0 Å². The number of carbonyl (C=O) groups excluding carboxylic acids is 2. The van der Waals surface area contributed by atoms with E-state index in [-0.39, 0.29) is 52.3 Å².